The molecule has 0 spiro atoms. The third-order valence-corrected chi connectivity index (χ3v) is 4.06. The Kier molecular flexibility index (Phi) is 4.46. The maximum Gasteiger partial charge on any atom is 0.322 e. The van der Waals surface area contributed by atoms with Crippen LogP contribution in [-0.2, 0) is 4.79 Å². The molecule has 0 aromatic heterocycles. The van der Waals surface area contributed by atoms with Gasteiger partial charge in [0, 0.05) is 12.2 Å². The molecule has 1 fully saturated rings. The molecule has 0 saturated carbocycles. The number of aldehydes is 1. The number of rotatable bonds is 2. The molecule has 1 aromatic carbocycles. The summed E-state index contributed by atoms with van der Waals surface area (Å²) in [6, 6.07) is 3.74. The van der Waals surface area contributed by atoms with E-state index in [2.05, 4.69) is 5.32 Å². The summed E-state index contributed by atoms with van der Waals surface area (Å²) in [5.41, 5.74) is 1.37. The molecule has 1 saturated heterocycles. The highest BCUT2D eigenvalue weighted by Gasteiger charge is 2.35. The molecule has 21 heavy (non-hydrogen) atoms. The first kappa shape index (κ1) is 15.3. The Morgan fingerprint density at radius 2 is 2.33 bits per heavy atom. The van der Waals surface area contributed by atoms with Gasteiger partial charge in [-0.2, -0.15) is 5.26 Å². The Hall–Kier alpha value is -2.10. The van der Waals surface area contributed by atoms with Gasteiger partial charge in [0.1, 0.15) is 18.4 Å². The molecule has 110 valence electrons. The van der Waals surface area contributed by atoms with Crippen LogP contribution in [0.2, 0.25) is 5.02 Å². The Morgan fingerprint density at radius 1 is 1.62 bits per heavy atom. The number of amides is 2. The Bertz CT molecular complexity index is 627. The van der Waals surface area contributed by atoms with E-state index >= 15 is 0 Å². The highest BCUT2D eigenvalue weighted by atomic mass is 35.5. The zero-order valence-corrected chi connectivity index (χ0v) is 12.1. The van der Waals surface area contributed by atoms with Crippen LogP contribution in [0.5, 0.6) is 0 Å². The summed E-state index contributed by atoms with van der Waals surface area (Å²) in [5, 5.41) is 21.5. The van der Waals surface area contributed by atoms with Crippen molar-refractivity contribution in [1.29, 1.82) is 5.26 Å². The third-order valence-electron chi connectivity index (χ3n) is 3.57. The lowest BCUT2D eigenvalue weighted by Gasteiger charge is -2.22. The fourth-order valence-corrected chi connectivity index (χ4v) is 2.50. The highest BCUT2D eigenvalue weighted by Crippen LogP contribution is 2.28. The van der Waals surface area contributed by atoms with Crippen LogP contribution in [0.1, 0.15) is 17.5 Å². The fourth-order valence-electron chi connectivity index (χ4n) is 2.29. The summed E-state index contributed by atoms with van der Waals surface area (Å²) >= 11 is 6.04. The van der Waals surface area contributed by atoms with Crippen molar-refractivity contribution in [3.8, 4) is 6.07 Å². The average Bonchev–Trinajstić information content (AvgIpc) is 2.85. The van der Waals surface area contributed by atoms with Gasteiger partial charge in [-0.15, -0.1) is 0 Å². The van der Waals surface area contributed by atoms with Crippen LogP contribution in [-0.4, -0.2) is 41.0 Å². The standard InChI is InChI=1S/C14H14ClN3O3/c1-8-10(3-2-9(6-16)13(8)15)17-14(21)18-5-4-12(20)11(18)7-19/h2-3,7,11-12,20H,4-5H2,1H3,(H,17,21)/t11?,12-/m0/s1. The van der Waals surface area contributed by atoms with Gasteiger partial charge in [0.05, 0.1) is 16.7 Å². The molecule has 7 heteroatoms. The van der Waals surface area contributed by atoms with E-state index in [0.717, 1.165) is 0 Å². The zero-order chi connectivity index (χ0) is 15.6. The summed E-state index contributed by atoms with van der Waals surface area (Å²) in [6.07, 6.45) is 0.0960. The molecule has 1 aromatic rings. The normalized spacial score (nSPS) is 21.0. The molecule has 2 rings (SSSR count). The van der Waals surface area contributed by atoms with Crippen molar-refractivity contribution in [3.63, 3.8) is 0 Å². The van der Waals surface area contributed by atoms with Gasteiger partial charge in [0.15, 0.2) is 0 Å². The van der Waals surface area contributed by atoms with Gasteiger partial charge < -0.3 is 20.1 Å². The predicted molar refractivity (Wildman–Crippen MR) is 77.1 cm³/mol. The first-order chi connectivity index (χ1) is 9.99. The molecule has 1 unspecified atom stereocenters. The molecule has 1 aliphatic rings. The minimum absolute atomic E-state index is 0.281. The molecule has 0 radical (unpaired) electrons. The molecule has 0 aliphatic carbocycles. The van der Waals surface area contributed by atoms with E-state index in [9.17, 15) is 14.7 Å². The van der Waals surface area contributed by atoms with Crippen molar-refractivity contribution < 1.29 is 14.7 Å². The molecular weight excluding hydrogens is 294 g/mol. The molecule has 2 amide bonds. The number of carbonyl (C=O) groups excluding carboxylic acids is 2. The van der Waals surface area contributed by atoms with Crippen LogP contribution in [0.3, 0.4) is 0 Å². The van der Waals surface area contributed by atoms with Crippen molar-refractivity contribution in [2.75, 3.05) is 11.9 Å². The van der Waals surface area contributed by atoms with Crippen LogP contribution >= 0.6 is 11.6 Å². The minimum atomic E-state index is -0.834. The first-order valence-electron chi connectivity index (χ1n) is 6.39. The topological polar surface area (TPSA) is 93.4 Å². The average molecular weight is 308 g/mol. The predicted octanol–water partition coefficient (Wildman–Crippen LogP) is 1.69. The number of nitrogens with zero attached hydrogens (tertiary/aromatic N) is 2. The van der Waals surface area contributed by atoms with Gasteiger partial charge in [-0.25, -0.2) is 4.79 Å². The van der Waals surface area contributed by atoms with E-state index in [-0.39, 0.29) is 5.02 Å². The van der Waals surface area contributed by atoms with Crippen molar-refractivity contribution >= 4 is 29.6 Å². The van der Waals surface area contributed by atoms with Crippen LogP contribution in [0, 0.1) is 18.3 Å². The molecule has 1 heterocycles. The number of anilines is 1. The van der Waals surface area contributed by atoms with Crippen LogP contribution < -0.4 is 5.32 Å². The summed E-state index contributed by atoms with van der Waals surface area (Å²) in [7, 11) is 0. The molecule has 6 nitrogen and oxygen atoms in total. The lowest BCUT2D eigenvalue weighted by atomic mass is 10.1. The van der Waals surface area contributed by atoms with E-state index in [1.165, 1.54) is 11.0 Å². The van der Waals surface area contributed by atoms with E-state index < -0.39 is 18.2 Å². The van der Waals surface area contributed by atoms with Gasteiger partial charge in [-0.1, -0.05) is 11.6 Å². The third kappa shape index (κ3) is 2.84. The molecule has 2 N–H and O–H groups in total. The summed E-state index contributed by atoms with van der Waals surface area (Å²) < 4.78 is 0. The monoisotopic (exact) mass is 307 g/mol. The number of nitriles is 1. The second-order valence-corrected chi connectivity index (χ2v) is 5.20. The second kappa shape index (κ2) is 6.12. The maximum absolute atomic E-state index is 12.2. The minimum Gasteiger partial charge on any atom is -0.390 e. The van der Waals surface area contributed by atoms with E-state index in [0.29, 0.717) is 36.1 Å². The Balaban J connectivity index is 2.19. The van der Waals surface area contributed by atoms with Crippen molar-refractivity contribution in [2.45, 2.75) is 25.5 Å². The SMILES string of the molecule is Cc1c(NC(=O)N2CC[C@H](O)C2C=O)ccc(C#N)c1Cl. The van der Waals surface area contributed by atoms with Crippen LogP contribution in [0.15, 0.2) is 12.1 Å². The number of carbonyl (C=O) groups is 2. The first-order valence-corrected chi connectivity index (χ1v) is 6.77. The van der Waals surface area contributed by atoms with Crippen molar-refractivity contribution in [1.82, 2.24) is 4.90 Å². The number of aliphatic hydroxyl groups is 1. The largest absolute Gasteiger partial charge is 0.390 e. The Labute approximate surface area is 126 Å². The van der Waals surface area contributed by atoms with Gasteiger partial charge >= 0.3 is 6.03 Å². The number of aliphatic hydroxyl groups excluding tert-OH is 1. The lowest BCUT2D eigenvalue weighted by Crippen LogP contribution is -2.43. The summed E-state index contributed by atoms with van der Waals surface area (Å²) in [4.78, 5) is 24.4. The number of hydrogen-bond donors (Lipinski definition) is 2. The van der Waals surface area contributed by atoms with Crippen molar-refractivity contribution in [2.24, 2.45) is 0 Å². The summed E-state index contributed by atoms with van der Waals surface area (Å²) in [6.45, 7) is 1.99. The van der Waals surface area contributed by atoms with Gasteiger partial charge in [0.25, 0.3) is 0 Å². The molecule has 1 aliphatic heterocycles. The van der Waals surface area contributed by atoms with E-state index in [4.69, 9.17) is 16.9 Å². The van der Waals surface area contributed by atoms with Crippen LogP contribution in [0.25, 0.3) is 0 Å². The number of nitrogens with one attached hydrogen (secondary N) is 1. The fraction of sp³-hybridized carbons (Fsp3) is 0.357. The molecular formula is C14H14ClN3O3. The van der Waals surface area contributed by atoms with Crippen molar-refractivity contribution in [3.05, 3.63) is 28.3 Å². The number of halogens is 1. The number of likely N-dealkylation sites (tertiary alicyclic amines) is 1. The molecule has 0 bridgehead atoms. The number of benzene rings is 1. The lowest BCUT2D eigenvalue weighted by molar-refractivity contribution is -0.112. The van der Waals surface area contributed by atoms with Crippen LogP contribution in [0.4, 0.5) is 10.5 Å². The van der Waals surface area contributed by atoms with E-state index in [1.807, 2.05) is 6.07 Å². The quantitative estimate of drug-likeness (QED) is 0.813. The van der Waals surface area contributed by atoms with Gasteiger partial charge in [-0.3, -0.25) is 0 Å². The van der Waals surface area contributed by atoms with Gasteiger partial charge in [0.2, 0.25) is 0 Å². The summed E-state index contributed by atoms with van der Waals surface area (Å²) in [5.74, 6) is 0. The maximum atomic E-state index is 12.2. The molecule has 2 atom stereocenters. The van der Waals surface area contributed by atoms with E-state index in [1.54, 1.807) is 13.0 Å². The zero-order valence-electron chi connectivity index (χ0n) is 11.3. The number of urea groups is 1. The highest BCUT2D eigenvalue weighted by molar-refractivity contribution is 6.33. The van der Waals surface area contributed by atoms with Gasteiger partial charge in [-0.05, 0) is 31.0 Å². The smallest absolute Gasteiger partial charge is 0.322 e. The second-order valence-electron chi connectivity index (χ2n) is 4.82. The number of hydrogen-bond acceptors (Lipinski definition) is 4. The Morgan fingerprint density at radius 3 is 2.95 bits per heavy atom.